The number of nitrogens with zero attached hydrogens (tertiary/aromatic N) is 3. The molecule has 0 amide bonds. The standard InChI is InChI=1S/C12H10N4O.C2H6/c1-7-3-2-4-8(5-7)11-16-9-10(13)14-6-15-12(9)17-11;1-2/h2-6H,1H3,(H2,13,14,15);1-2H3. The smallest absolute Gasteiger partial charge is 0.252 e. The lowest BCUT2D eigenvalue weighted by Gasteiger charge is -1.95. The number of aryl methyl sites for hydroxylation is 1. The Morgan fingerprint density at radius 3 is 2.63 bits per heavy atom. The number of nitrogens with two attached hydrogens (primary N) is 1. The van der Waals surface area contributed by atoms with Crippen LogP contribution in [0, 0.1) is 6.92 Å². The van der Waals surface area contributed by atoms with Crippen LogP contribution in [-0.4, -0.2) is 15.0 Å². The maximum atomic E-state index is 5.70. The number of aromatic nitrogens is 3. The monoisotopic (exact) mass is 256 g/mol. The lowest BCUT2D eigenvalue weighted by molar-refractivity contribution is 0.607. The molecule has 5 nitrogen and oxygen atoms in total. The van der Waals surface area contributed by atoms with Gasteiger partial charge in [0.05, 0.1) is 0 Å². The molecule has 0 radical (unpaired) electrons. The van der Waals surface area contributed by atoms with E-state index in [0.29, 0.717) is 22.9 Å². The van der Waals surface area contributed by atoms with E-state index >= 15 is 0 Å². The number of hydrogen-bond donors (Lipinski definition) is 1. The summed E-state index contributed by atoms with van der Waals surface area (Å²) < 4.78 is 5.55. The van der Waals surface area contributed by atoms with E-state index < -0.39 is 0 Å². The molecule has 5 heteroatoms. The quantitative estimate of drug-likeness (QED) is 0.723. The van der Waals surface area contributed by atoms with Gasteiger partial charge in [-0.25, -0.2) is 9.97 Å². The molecule has 0 aliphatic heterocycles. The minimum atomic E-state index is 0.331. The molecule has 19 heavy (non-hydrogen) atoms. The first-order chi connectivity index (χ1) is 9.24. The Labute approximate surface area is 111 Å². The van der Waals surface area contributed by atoms with Gasteiger partial charge in [-0.1, -0.05) is 31.5 Å². The molecule has 0 atom stereocenters. The fourth-order valence-electron chi connectivity index (χ4n) is 1.67. The summed E-state index contributed by atoms with van der Waals surface area (Å²) in [4.78, 5) is 12.2. The van der Waals surface area contributed by atoms with E-state index in [0.717, 1.165) is 11.1 Å². The van der Waals surface area contributed by atoms with Gasteiger partial charge in [0.1, 0.15) is 6.33 Å². The van der Waals surface area contributed by atoms with Crippen molar-refractivity contribution >= 4 is 17.0 Å². The maximum Gasteiger partial charge on any atom is 0.252 e. The second-order valence-corrected chi connectivity index (χ2v) is 3.80. The summed E-state index contributed by atoms with van der Waals surface area (Å²) in [6.45, 7) is 6.01. The van der Waals surface area contributed by atoms with E-state index in [1.165, 1.54) is 6.33 Å². The van der Waals surface area contributed by atoms with Crippen LogP contribution in [0.4, 0.5) is 5.82 Å². The third-order valence-corrected chi connectivity index (χ3v) is 2.49. The van der Waals surface area contributed by atoms with Gasteiger partial charge in [0.15, 0.2) is 11.3 Å². The van der Waals surface area contributed by atoms with Crippen molar-refractivity contribution in [3.63, 3.8) is 0 Å². The zero-order chi connectivity index (χ0) is 13.8. The van der Waals surface area contributed by atoms with Gasteiger partial charge < -0.3 is 10.2 Å². The predicted octanol–water partition coefficient (Wildman–Crippen LogP) is 3.20. The van der Waals surface area contributed by atoms with Crippen LogP contribution in [0.3, 0.4) is 0 Å². The van der Waals surface area contributed by atoms with Crippen molar-refractivity contribution in [3.8, 4) is 11.5 Å². The number of rotatable bonds is 1. The fraction of sp³-hybridized carbons (Fsp3) is 0.214. The normalized spacial score (nSPS) is 10.1. The molecule has 3 aromatic rings. The number of anilines is 1. The highest BCUT2D eigenvalue weighted by molar-refractivity contribution is 5.81. The van der Waals surface area contributed by atoms with Crippen molar-refractivity contribution in [3.05, 3.63) is 36.2 Å². The Hall–Kier alpha value is -2.43. The summed E-state index contributed by atoms with van der Waals surface area (Å²) in [6, 6.07) is 7.89. The van der Waals surface area contributed by atoms with Crippen molar-refractivity contribution in [2.45, 2.75) is 20.8 Å². The SMILES string of the molecule is CC.Cc1cccc(-c2nc3c(N)ncnc3o2)c1. The van der Waals surface area contributed by atoms with Crippen LogP contribution in [0.1, 0.15) is 19.4 Å². The topological polar surface area (TPSA) is 77.8 Å². The van der Waals surface area contributed by atoms with Crippen LogP contribution in [0.2, 0.25) is 0 Å². The zero-order valence-electron chi connectivity index (χ0n) is 11.2. The number of benzene rings is 1. The van der Waals surface area contributed by atoms with Crippen LogP contribution in [-0.2, 0) is 0 Å². The molecule has 0 saturated carbocycles. The Morgan fingerprint density at radius 2 is 1.95 bits per heavy atom. The highest BCUT2D eigenvalue weighted by Gasteiger charge is 2.11. The average molecular weight is 256 g/mol. The molecule has 2 heterocycles. The lowest BCUT2D eigenvalue weighted by Crippen LogP contribution is -1.91. The van der Waals surface area contributed by atoms with Gasteiger partial charge in [0.25, 0.3) is 5.71 Å². The molecule has 0 unspecified atom stereocenters. The van der Waals surface area contributed by atoms with Crippen LogP contribution in [0.15, 0.2) is 35.0 Å². The van der Waals surface area contributed by atoms with E-state index in [1.807, 2.05) is 45.0 Å². The summed E-state index contributed by atoms with van der Waals surface area (Å²) in [5.74, 6) is 0.841. The van der Waals surface area contributed by atoms with Gasteiger partial charge in [-0.15, -0.1) is 0 Å². The molecule has 1 aromatic carbocycles. The summed E-state index contributed by atoms with van der Waals surface area (Å²) in [7, 11) is 0. The van der Waals surface area contributed by atoms with Gasteiger partial charge in [0, 0.05) is 5.56 Å². The van der Waals surface area contributed by atoms with E-state index in [2.05, 4.69) is 15.0 Å². The van der Waals surface area contributed by atoms with Crippen molar-refractivity contribution in [1.82, 2.24) is 15.0 Å². The van der Waals surface area contributed by atoms with E-state index in [1.54, 1.807) is 0 Å². The van der Waals surface area contributed by atoms with Crippen molar-refractivity contribution < 1.29 is 4.42 Å². The second kappa shape index (κ2) is 5.48. The molecule has 0 aliphatic carbocycles. The molecule has 3 rings (SSSR count). The number of hydrogen-bond acceptors (Lipinski definition) is 5. The van der Waals surface area contributed by atoms with Gasteiger partial charge in [0.2, 0.25) is 5.89 Å². The minimum absolute atomic E-state index is 0.331. The summed E-state index contributed by atoms with van der Waals surface area (Å²) in [6.07, 6.45) is 1.36. The van der Waals surface area contributed by atoms with Gasteiger partial charge in [-0.2, -0.15) is 4.98 Å². The summed E-state index contributed by atoms with van der Waals surface area (Å²) in [5.41, 5.74) is 8.67. The van der Waals surface area contributed by atoms with Crippen LogP contribution < -0.4 is 5.73 Å². The number of fused-ring (bicyclic) bond motifs is 1. The lowest BCUT2D eigenvalue weighted by atomic mass is 10.1. The minimum Gasteiger partial charge on any atom is -0.417 e. The van der Waals surface area contributed by atoms with Crippen molar-refractivity contribution in [1.29, 1.82) is 0 Å². The Balaban J connectivity index is 0.000000637. The third-order valence-electron chi connectivity index (χ3n) is 2.49. The first-order valence-corrected chi connectivity index (χ1v) is 6.18. The van der Waals surface area contributed by atoms with Gasteiger partial charge in [-0.05, 0) is 19.1 Å². The largest absolute Gasteiger partial charge is 0.417 e. The molecule has 0 aliphatic rings. The summed E-state index contributed by atoms with van der Waals surface area (Å²) in [5, 5.41) is 0. The molecule has 0 spiro atoms. The van der Waals surface area contributed by atoms with Crippen LogP contribution in [0.5, 0.6) is 0 Å². The van der Waals surface area contributed by atoms with Gasteiger partial charge in [-0.3, -0.25) is 0 Å². The maximum absolute atomic E-state index is 5.70. The highest BCUT2D eigenvalue weighted by Crippen LogP contribution is 2.25. The van der Waals surface area contributed by atoms with Crippen molar-refractivity contribution in [2.75, 3.05) is 5.73 Å². The first kappa shape index (κ1) is 13.0. The second-order valence-electron chi connectivity index (χ2n) is 3.80. The fourth-order valence-corrected chi connectivity index (χ4v) is 1.67. The average Bonchev–Trinajstić information content (AvgIpc) is 2.87. The first-order valence-electron chi connectivity index (χ1n) is 6.18. The van der Waals surface area contributed by atoms with Crippen molar-refractivity contribution in [2.24, 2.45) is 0 Å². The molecule has 0 fully saturated rings. The molecule has 2 N–H and O–H groups in total. The molecular formula is C14H16N4O. The van der Waals surface area contributed by atoms with E-state index in [-0.39, 0.29) is 0 Å². The number of nitrogen functional groups attached to an aromatic ring is 1. The molecule has 2 aromatic heterocycles. The molecule has 98 valence electrons. The van der Waals surface area contributed by atoms with E-state index in [4.69, 9.17) is 10.2 Å². The Bertz CT molecular complexity index is 691. The zero-order valence-corrected chi connectivity index (χ0v) is 11.2. The van der Waals surface area contributed by atoms with Crippen LogP contribution >= 0.6 is 0 Å². The third kappa shape index (κ3) is 2.54. The highest BCUT2D eigenvalue weighted by atomic mass is 16.4. The van der Waals surface area contributed by atoms with E-state index in [9.17, 15) is 0 Å². The number of oxazole rings is 1. The molecule has 0 bridgehead atoms. The molecular weight excluding hydrogens is 240 g/mol. The summed E-state index contributed by atoms with van der Waals surface area (Å²) >= 11 is 0. The van der Waals surface area contributed by atoms with Crippen LogP contribution in [0.25, 0.3) is 22.7 Å². The predicted molar refractivity (Wildman–Crippen MR) is 75.5 cm³/mol. The Kier molecular flexibility index (Phi) is 3.75. The molecule has 0 saturated heterocycles. The Morgan fingerprint density at radius 1 is 1.16 bits per heavy atom. The van der Waals surface area contributed by atoms with Gasteiger partial charge >= 0.3 is 0 Å².